The Hall–Kier alpha value is -0.610. The summed E-state index contributed by atoms with van der Waals surface area (Å²) in [5.74, 6) is -0.0857. The Morgan fingerprint density at radius 3 is 2.14 bits per heavy atom. The molecule has 0 fully saturated rings. The molecule has 0 aliphatic rings. The summed E-state index contributed by atoms with van der Waals surface area (Å²) in [4.78, 5) is 13.2. The van der Waals surface area contributed by atoms with E-state index in [0.29, 0.717) is 18.6 Å². The first-order valence-electron chi connectivity index (χ1n) is 5.21. The average molecular weight is 201 g/mol. The molecule has 0 spiro atoms. The van der Waals surface area contributed by atoms with Gasteiger partial charge in [0.15, 0.2) is 0 Å². The molecule has 14 heavy (non-hydrogen) atoms. The number of nitrogens with zero attached hydrogens (tertiary/aromatic N) is 1. The molecule has 0 aliphatic heterocycles. The zero-order valence-corrected chi connectivity index (χ0v) is 9.71. The highest BCUT2D eigenvalue weighted by molar-refractivity contribution is 5.77. The van der Waals surface area contributed by atoms with Crippen LogP contribution in [0.5, 0.6) is 0 Å². The van der Waals surface area contributed by atoms with Gasteiger partial charge < -0.3 is 11.1 Å². The minimum Gasteiger partial charge on any atom is -0.354 e. The van der Waals surface area contributed by atoms with Crippen LogP contribution in [0.4, 0.5) is 0 Å². The third-order valence-electron chi connectivity index (χ3n) is 2.20. The summed E-state index contributed by atoms with van der Waals surface area (Å²) >= 11 is 0. The first-order valence-corrected chi connectivity index (χ1v) is 5.21. The summed E-state index contributed by atoms with van der Waals surface area (Å²) in [6.07, 6.45) is 0. The Morgan fingerprint density at radius 1 is 1.29 bits per heavy atom. The fourth-order valence-electron chi connectivity index (χ4n) is 1.51. The first-order chi connectivity index (χ1) is 6.49. The molecule has 84 valence electrons. The van der Waals surface area contributed by atoms with Crippen LogP contribution in [0.2, 0.25) is 0 Å². The number of rotatable bonds is 6. The summed E-state index contributed by atoms with van der Waals surface area (Å²) in [5, 5.41) is 2.77. The molecule has 4 nitrogen and oxygen atoms in total. The third-order valence-corrected chi connectivity index (χ3v) is 2.20. The number of nitrogens with two attached hydrogens (primary N) is 1. The molecule has 0 radical (unpaired) electrons. The van der Waals surface area contributed by atoms with Gasteiger partial charge >= 0.3 is 0 Å². The van der Waals surface area contributed by atoms with Gasteiger partial charge in [-0.25, -0.2) is 0 Å². The Morgan fingerprint density at radius 2 is 1.79 bits per heavy atom. The second-order valence-electron chi connectivity index (χ2n) is 3.98. The van der Waals surface area contributed by atoms with Crippen LogP contribution in [-0.2, 0) is 4.79 Å². The zero-order valence-electron chi connectivity index (χ0n) is 9.71. The van der Waals surface area contributed by atoms with E-state index < -0.39 is 0 Å². The minimum atomic E-state index is -0.0857. The van der Waals surface area contributed by atoms with E-state index in [4.69, 9.17) is 5.73 Å². The predicted octanol–water partition coefficient (Wildman–Crippen LogP) is 0.180. The molecule has 0 aromatic rings. The van der Waals surface area contributed by atoms with E-state index in [2.05, 4.69) is 37.9 Å². The van der Waals surface area contributed by atoms with Crippen molar-refractivity contribution in [2.75, 3.05) is 19.6 Å². The maximum atomic E-state index is 10.9. The van der Waals surface area contributed by atoms with E-state index in [1.165, 1.54) is 0 Å². The maximum Gasteiger partial charge on any atom is 0.233 e. The number of hydrogen-bond donors (Lipinski definition) is 2. The molecule has 0 saturated carbocycles. The van der Waals surface area contributed by atoms with Crippen molar-refractivity contribution in [2.24, 2.45) is 5.73 Å². The minimum absolute atomic E-state index is 0.0728. The summed E-state index contributed by atoms with van der Waals surface area (Å²) in [5.41, 5.74) is 5.18. The van der Waals surface area contributed by atoms with Gasteiger partial charge in [-0.1, -0.05) is 0 Å². The molecule has 0 aliphatic carbocycles. The van der Waals surface area contributed by atoms with Crippen LogP contribution in [0.3, 0.4) is 0 Å². The van der Waals surface area contributed by atoms with Gasteiger partial charge in [-0.05, 0) is 27.7 Å². The van der Waals surface area contributed by atoms with Crippen LogP contribution in [0.15, 0.2) is 0 Å². The number of nitrogens with one attached hydrogen (secondary N) is 1. The zero-order chi connectivity index (χ0) is 11.1. The van der Waals surface area contributed by atoms with Gasteiger partial charge in [-0.3, -0.25) is 9.69 Å². The molecule has 3 N–H and O–H groups in total. The lowest BCUT2D eigenvalue weighted by molar-refractivity contribution is -0.119. The number of carbonyl (C=O) groups is 1. The fourth-order valence-corrected chi connectivity index (χ4v) is 1.51. The van der Waals surface area contributed by atoms with Gasteiger partial charge in [0.25, 0.3) is 0 Å². The topological polar surface area (TPSA) is 58.4 Å². The van der Waals surface area contributed by atoms with Crippen molar-refractivity contribution in [1.29, 1.82) is 0 Å². The van der Waals surface area contributed by atoms with E-state index in [0.717, 1.165) is 6.54 Å². The second kappa shape index (κ2) is 6.79. The Kier molecular flexibility index (Phi) is 6.49. The lowest BCUT2D eigenvalue weighted by Crippen LogP contribution is -2.43. The largest absolute Gasteiger partial charge is 0.354 e. The van der Waals surface area contributed by atoms with Crippen LogP contribution in [0.25, 0.3) is 0 Å². The summed E-state index contributed by atoms with van der Waals surface area (Å²) in [7, 11) is 0. The van der Waals surface area contributed by atoms with Gasteiger partial charge in [0.1, 0.15) is 0 Å². The smallest absolute Gasteiger partial charge is 0.233 e. The van der Waals surface area contributed by atoms with Gasteiger partial charge in [0.2, 0.25) is 5.91 Å². The lowest BCUT2D eigenvalue weighted by Gasteiger charge is -2.30. The van der Waals surface area contributed by atoms with Crippen molar-refractivity contribution < 1.29 is 4.79 Å². The fraction of sp³-hybridized carbons (Fsp3) is 0.900. The normalized spacial score (nSPS) is 11.4. The first kappa shape index (κ1) is 13.4. The van der Waals surface area contributed by atoms with E-state index in [1.807, 2.05) is 0 Å². The van der Waals surface area contributed by atoms with Crippen molar-refractivity contribution >= 4 is 5.91 Å². The standard InChI is InChI=1S/C10H23N3O/c1-8(2)13(9(3)4)6-5-12-10(14)7-11/h8-9H,5-7,11H2,1-4H3,(H,12,14). The predicted molar refractivity (Wildman–Crippen MR) is 59.0 cm³/mol. The lowest BCUT2D eigenvalue weighted by atomic mass is 10.2. The molecule has 0 bridgehead atoms. The van der Waals surface area contributed by atoms with Gasteiger partial charge in [0, 0.05) is 25.2 Å². The quantitative estimate of drug-likeness (QED) is 0.644. The third kappa shape index (κ3) is 5.19. The van der Waals surface area contributed by atoms with Crippen molar-refractivity contribution in [1.82, 2.24) is 10.2 Å². The molecule has 0 aromatic heterocycles. The van der Waals surface area contributed by atoms with Gasteiger partial charge in [-0.15, -0.1) is 0 Å². The maximum absolute atomic E-state index is 10.9. The number of carbonyl (C=O) groups excluding carboxylic acids is 1. The molecule has 0 aromatic carbocycles. The highest BCUT2D eigenvalue weighted by Gasteiger charge is 2.12. The average Bonchev–Trinajstić information content (AvgIpc) is 2.10. The van der Waals surface area contributed by atoms with Crippen LogP contribution in [0, 0.1) is 0 Å². The molecule has 1 amide bonds. The monoisotopic (exact) mass is 201 g/mol. The molecule has 0 heterocycles. The molecule has 0 saturated heterocycles. The Balaban J connectivity index is 3.78. The van der Waals surface area contributed by atoms with Crippen molar-refractivity contribution in [2.45, 2.75) is 39.8 Å². The van der Waals surface area contributed by atoms with Crippen LogP contribution >= 0.6 is 0 Å². The molecule has 0 unspecified atom stereocenters. The van der Waals surface area contributed by atoms with E-state index in [1.54, 1.807) is 0 Å². The van der Waals surface area contributed by atoms with Crippen molar-refractivity contribution in [3.05, 3.63) is 0 Å². The molecule has 4 heteroatoms. The van der Waals surface area contributed by atoms with Gasteiger partial charge in [-0.2, -0.15) is 0 Å². The SMILES string of the molecule is CC(C)N(CCNC(=O)CN)C(C)C. The molecular weight excluding hydrogens is 178 g/mol. The highest BCUT2D eigenvalue weighted by atomic mass is 16.1. The Labute approximate surface area is 86.8 Å². The van der Waals surface area contributed by atoms with Crippen molar-refractivity contribution in [3.63, 3.8) is 0 Å². The number of amides is 1. The van der Waals surface area contributed by atoms with E-state index in [9.17, 15) is 4.79 Å². The second-order valence-corrected chi connectivity index (χ2v) is 3.98. The molecule has 0 rings (SSSR count). The van der Waals surface area contributed by atoms with Gasteiger partial charge in [0.05, 0.1) is 6.54 Å². The van der Waals surface area contributed by atoms with Crippen molar-refractivity contribution in [3.8, 4) is 0 Å². The van der Waals surface area contributed by atoms with Crippen LogP contribution < -0.4 is 11.1 Å². The van der Waals surface area contributed by atoms with Crippen LogP contribution in [0.1, 0.15) is 27.7 Å². The summed E-state index contributed by atoms with van der Waals surface area (Å²) in [6.45, 7) is 10.3. The highest BCUT2D eigenvalue weighted by Crippen LogP contribution is 2.02. The summed E-state index contributed by atoms with van der Waals surface area (Å²) < 4.78 is 0. The van der Waals surface area contributed by atoms with E-state index >= 15 is 0 Å². The molecule has 0 atom stereocenters. The Bertz CT molecular complexity index is 161. The van der Waals surface area contributed by atoms with E-state index in [-0.39, 0.29) is 12.5 Å². The summed E-state index contributed by atoms with van der Waals surface area (Å²) in [6, 6.07) is 1.01. The van der Waals surface area contributed by atoms with Crippen LogP contribution in [-0.4, -0.2) is 42.5 Å². The number of hydrogen-bond acceptors (Lipinski definition) is 3. The molecular formula is C10H23N3O.